The largest absolute Gasteiger partial charge is 0.329 e. The van der Waals surface area contributed by atoms with Crippen molar-refractivity contribution in [1.82, 2.24) is 18.9 Å². The summed E-state index contributed by atoms with van der Waals surface area (Å²) < 4.78 is 3.41. The van der Waals surface area contributed by atoms with Crippen LogP contribution >= 0.6 is 11.8 Å². The van der Waals surface area contributed by atoms with Gasteiger partial charge >= 0.3 is 5.69 Å². The van der Waals surface area contributed by atoms with Crippen LogP contribution in [0.1, 0.15) is 48.0 Å². The summed E-state index contributed by atoms with van der Waals surface area (Å²) in [4.78, 5) is 29.8. The topological polar surface area (TPSA) is 59.3 Å². The van der Waals surface area contributed by atoms with Gasteiger partial charge in [0, 0.05) is 36.9 Å². The number of amides is 1. The smallest absolute Gasteiger partial charge is 0.296 e. The Balaban J connectivity index is 1.39. The molecule has 1 fully saturated rings. The Kier molecular flexibility index (Phi) is 5.36. The van der Waals surface area contributed by atoms with Crippen LogP contribution in [0.15, 0.2) is 47.3 Å². The quantitative estimate of drug-likeness (QED) is 0.632. The monoisotopic (exact) mass is 438 g/mol. The van der Waals surface area contributed by atoms with Crippen molar-refractivity contribution in [2.75, 3.05) is 13.1 Å². The number of halogens is 1. The number of rotatable bonds is 4. The second-order valence-corrected chi connectivity index (χ2v) is 8.96. The molecule has 1 N–H and O–H groups in total. The lowest BCUT2D eigenvalue weighted by atomic mass is 9.99. The summed E-state index contributed by atoms with van der Waals surface area (Å²) in [5.74, 6) is -0.392. The third-order valence-corrected chi connectivity index (χ3v) is 7.14. The Bertz CT molecular complexity index is 1190. The maximum atomic E-state index is 13.3. The summed E-state index contributed by atoms with van der Waals surface area (Å²) in [7, 11) is 0. The van der Waals surface area contributed by atoms with Crippen LogP contribution in [0.5, 0.6) is 0 Å². The second kappa shape index (κ2) is 8.17. The summed E-state index contributed by atoms with van der Waals surface area (Å²) in [6.45, 7) is 4.02. The summed E-state index contributed by atoms with van der Waals surface area (Å²) in [5.41, 5.74) is 5.81. The first kappa shape index (κ1) is 20.3. The van der Waals surface area contributed by atoms with E-state index >= 15 is 0 Å². The molecule has 31 heavy (non-hydrogen) atoms. The standard InChI is InChI=1S/C24H27ClN4O2/c1-16-6-7-17-8-9-20(19(17)14-16)27-12-10-18(11-13-27)29-22-5-3-2-4-21(22)28(24(29)31)15-23(30)26-25/h2-7,14,18,20H,8-13,15H2,1H3,(H,26,30). The van der Waals surface area contributed by atoms with Crippen LogP contribution in [-0.2, 0) is 17.8 Å². The molecule has 0 saturated carbocycles. The Hall–Kier alpha value is -2.57. The van der Waals surface area contributed by atoms with Crippen molar-refractivity contribution in [3.05, 3.63) is 69.6 Å². The minimum atomic E-state index is -0.392. The fourth-order valence-electron chi connectivity index (χ4n) is 5.45. The fraction of sp³-hybridized carbons (Fsp3) is 0.417. The van der Waals surface area contributed by atoms with E-state index in [4.69, 9.17) is 11.8 Å². The highest BCUT2D eigenvalue weighted by Crippen LogP contribution is 2.39. The lowest BCUT2D eigenvalue weighted by Crippen LogP contribution is -2.39. The van der Waals surface area contributed by atoms with Crippen molar-refractivity contribution in [2.24, 2.45) is 0 Å². The molecule has 7 heteroatoms. The number of aromatic nitrogens is 2. The number of benzene rings is 2. The number of hydrogen-bond acceptors (Lipinski definition) is 3. The van der Waals surface area contributed by atoms with Crippen LogP contribution in [0.2, 0.25) is 0 Å². The maximum absolute atomic E-state index is 13.3. The molecule has 2 heterocycles. The third kappa shape index (κ3) is 3.58. The van der Waals surface area contributed by atoms with Gasteiger partial charge in [0.15, 0.2) is 0 Å². The Labute approximate surface area is 186 Å². The molecular weight excluding hydrogens is 412 g/mol. The number of hydrogen-bond donors (Lipinski definition) is 1. The van der Waals surface area contributed by atoms with Crippen molar-refractivity contribution >= 4 is 28.7 Å². The molecule has 1 atom stereocenters. The number of imidazole rings is 1. The lowest BCUT2D eigenvalue weighted by Gasteiger charge is -2.36. The Morgan fingerprint density at radius 1 is 1.10 bits per heavy atom. The first-order chi connectivity index (χ1) is 15.1. The van der Waals surface area contributed by atoms with E-state index in [9.17, 15) is 9.59 Å². The lowest BCUT2D eigenvalue weighted by molar-refractivity contribution is -0.119. The van der Waals surface area contributed by atoms with E-state index in [-0.39, 0.29) is 18.3 Å². The highest BCUT2D eigenvalue weighted by atomic mass is 35.5. The molecule has 1 aliphatic carbocycles. The molecule has 1 aromatic heterocycles. The zero-order valence-corrected chi connectivity index (χ0v) is 18.4. The normalized spacial score (nSPS) is 19.6. The molecule has 1 aliphatic heterocycles. The number of likely N-dealkylation sites (tertiary alicyclic amines) is 1. The number of nitrogens with one attached hydrogen (secondary N) is 1. The number of carbonyl (C=O) groups is 1. The molecule has 6 nitrogen and oxygen atoms in total. The number of fused-ring (bicyclic) bond motifs is 2. The van der Waals surface area contributed by atoms with Gasteiger partial charge in [0.2, 0.25) is 0 Å². The highest BCUT2D eigenvalue weighted by molar-refractivity contribution is 6.21. The van der Waals surface area contributed by atoms with E-state index in [0.29, 0.717) is 6.04 Å². The van der Waals surface area contributed by atoms with Crippen LogP contribution in [0.3, 0.4) is 0 Å². The van der Waals surface area contributed by atoms with Crippen molar-refractivity contribution in [2.45, 2.75) is 51.2 Å². The van der Waals surface area contributed by atoms with Crippen molar-refractivity contribution in [3.8, 4) is 0 Å². The molecule has 0 spiro atoms. The molecular formula is C24H27ClN4O2. The molecule has 1 unspecified atom stereocenters. The van der Waals surface area contributed by atoms with Crippen LogP contribution in [-0.4, -0.2) is 33.0 Å². The van der Waals surface area contributed by atoms with Gasteiger partial charge in [-0.05, 0) is 55.9 Å². The molecule has 0 radical (unpaired) electrons. The molecule has 2 aliphatic rings. The Morgan fingerprint density at radius 3 is 2.58 bits per heavy atom. The van der Waals surface area contributed by atoms with E-state index in [1.54, 1.807) is 0 Å². The molecule has 1 saturated heterocycles. The van der Waals surface area contributed by atoms with Crippen LogP contribution < -0.4 is 10.5 Å². The number of para-hydroxylation sites is 2. The first-order valence-electron chi connectivity index (χ1n) is 11.0. The molecule has 3 aromatic rings. The van der Waals surface area contributed by atoms with E-state index in [1.807, 2.05) is 28.8 Å². The number of carbonyl (C=O) groups excluding carboxylic acids is 1. The predicted molar refractivity (Wildman–Crippen MR) is 122 cm³/mol. The molecule has 162 valence electrons. The highest BCUT2D eigenvalue weighted by Gasteiger charge is 2.32. The minimum Gasteiger partial charge on any atom is -0.296 e. The summed E-state index contributed by atoms with van der Waals surface area (Å²) in [5, 5.41) is 0. The van der Waals surface area contributed by atoms with Crippen LogP contribution in [0.25, 0.3) is 11.0 Å². The first-order valence-corrected chi connectivity index (χ1v) is 11.4. The van der Waals surface area contributed by atoms with Gasteiger partial charge in [0.05, 0.1) is 11.0 Å². The predicted octanol–water partition coefficient (Wildman–Crippen LogP) is 3.71. The van der Waals surface area contributed by atoms with E-state index in [2.05, 4.69) is 34.9 Å². The molecule has 1 amide bonds. The SMILES string of the molecule is Cc1ccc2c(c1)C(N1CCC(n3c(=O)n(CC(=O)NCl)c4ccccc43)CC1)CC2. The van der Waals surface area contributed by atoms with Gasteiger partial charge in [-0.15, -0.1) is 0 Å². The molecule has 5 rings (SSSR count). The number of aryl methyl sites for hydroxylation is 2. The van der Waals surface area contributed by atoms with Gasteiger partial charge in [0.25, 0.3) is 5.91 Å². The zero-order chi connectivity index (χ0) is 21.5. The third-order valence-electron chi connectivity index (χ3n) is 6.93. The zero-order valence-electron chi connectivity index (χ0n) is 17.7. The van der Waals surface area contributed by atoms with Crippen molar-refractivity contribution in [1.29, 1.82) is 0 Å². The molecule has 0 bridgehead atoms. The van der Waals surface area contributed by atoms with Gasteiger partial charge < -0.3 is 0 Å². The summed E-state index contributed by atoms with van der Waals surface area (Å²) in [6.07, 6.45) is 4.17. The van der Waals surface area contributed by atoms with Crippen LogP contribution in [0, 0.1) is 6.92 Å². The van der Waals surface area contributed by atoms with Gasteiger partial charge in [-0.2, -0.15) is 0 Å². The van der Waals surface area contributed by atoms with E-state index < -0.39 is 5.91 Å². The van der Waals surface area contributed by atoms with Crippen LogP contribution in [0.4, 0.5) is 0 Å². The van der Waals surface area contributed by atoms with Gasteiger partial charge in [-0.1, -0.05) is 35.9 Å². The second-order valence-electron chi connectivity index (χ2n) is 8.77. The number of nitrogens with zero attached hydrogens (tertiary/aromatic N) is 3. The maximum Gasteiger partial charge on any atom is 0.329 e. The van der Waals surface area contributed by atoms with E-state index in [1.165, 1.54) is 27.7 Å². The fourth-order valence-corrected chi connectivity index (χ4v) is 5.51. The minimum absolute atomic E-state index is 0.0765. The van der Waals surface area contributed by atoms with Gasteiger partial charge in [0.1, 0.15) is 6.54 Å². The summed E-state index contributed by atoms with van der Waals surface area (Å²) >= 11 is 5.46. The average Bonchev–Trinajstić information content (AvgIpc) is 3.32. The van der Waals surface area contributed by atoms with Crippen molar-refractivity contribution in [3.63, 3.8) is 0 Å². The van der Waals surface area contributed by atoms with E-state index in [0.717, 1.165) is 43.4 Å². The number of piperidine rings is 1. The average molecular weight is 439 g/mol. The summed E-state index contributed by atoms with van der Waals surface area (Å²) in [6, 6.07) is 15.1. The van der Waals surface area contributed by atoms with Gasteiger partial charge in [-0.25, -0.2) is 4.79 Å². The van der Waals surface area contributed by atoms with Crippen molar-refractivity contribution < 1.29 is 4.79 Å². The Morgan fingerprint density at radius 2 is 1.84 bits per heavy atom. The molecule has 2 aromatic carbocycles. The van der Waals surface area contributed by atoms with Gasteiger partial charge in [-0.3, -0.25) is 23.7 Å².